The van der Waals surface area contributed by atoms with E-state index in [9.17, 15) is 0 Å². The summed E-state index contributed by atoms with van der Waals surface area (Å²) in [6.07, 6.45) is 0. The van der Waals surface area contributed by atoms with Crippen LogP contribution in [0.25, 0.3) is 0 Å². The third-order valence-electron chi connectivity index (χ3n) is 1.63. The summed E-state index contributed by atoms with van der Waals surface area (Å²) >= 11 is 11.9. The van der Waals surface area contributed by atoms with Gasteiger partial charge in [0.1, 0.15) is 5.75 Å². The molecule has 0 spiro atoms. The molecule has 0 saturated carbocycles. The number of hydrogen-bond acceptors (Lipinski definition) is 1. The second-order valence-electron chi connectivity index (χ2n) is 2.47. The molecule has 0 saturated heterocycles. The molecule has 3 heteroatoms. The van der Waals surface area contributed by atoms with Crippen molar-refractivity contribution < 1.29 is 4.74 Å². The molecule has 0 aliphatic carbocycles. The largest absolute Gasteiger partial charge is 0.496 e. The van der Waals surface area contributed by atoms with Crippen LogP contribution in [-0.4, -0.2) is 7.11 Å². The van der Waals surface area contributed by atoms with Crippen molar-refractivity contribution in [2.45, 2.75) is 12.3 Å². The molecule has 0 aliphatic heterocycles. The first-order chi connectivity index (χ1) is 5.66. The number of benzene rings is 1. The highest BCUT2D eigenvalue weighted by Gasteiger charge is 2.11. The van der Waals surface area contributed by atoms with Gasteiger partial charge in [-0.1, -0.05) is 17.7 Å². The lowest BCUT2D eigenvalue weighted by atomic mass is 10.1. The van der Waals surface area contributed by atoms with Crippen LogP contribution in [0.2, 0.25) is 5.02 Å². The zero-order valence-electron chi connectivity index (χ0n) is 6.97. The Morgan fingerprint density at radius 3 is 2.50 bits per heavy atom. The van der Waals surface area contributed by atoms with Crippen LogP contribution in [0.1, 0.15) is 17.9 Å². The van der Waals surface area contributed by atoms with E-state index in [0.29, 0.717) is 5.02 Å². The van der Waals surface area contributed by atoms with Gasteiger partial charge in [-0.25, -0.2) is 0 Å². The van der Waals surface area contributed by atoms with E-state index in [1.54, 1.807) is 13.2 Å². The minimum atomic E-state index is -0.131. The molecule has 0 N–H and O–H groups in total. The first-order valence-electron chi connectivity index (χ1n) is 3.63. The summed E-state index contributed by atoms with van der Waals surface area (Å²) in [5.74, 6) is 0.741. The zero-order chi connectivity index (χ0) is 9.14. The highest BCUT2D eigenvalue weighted by molar-refractivity contribution is 6.33. The first kappa shape index (κ1) is 9.69. The second-order valence-corrected chi connectivity index (χ2v) is 3.53. The number of alkyl halides is 1. The van der Waals surface area contributed by atoms with Gasteiger partial charge < -0.3 is 4.74 Å². The molecule has 1 atom stereocenters. The molecule has 0 heterocycles. The van der Waals surface area contributed by atoms with Crippen molar-refractivity contribution >= 4 is 23.2 Å². The van der Waals surface area contributed by atoms with Gasteiger partial charge in [-0.05, 0) is 19.1 Å². The van der Waals surface area contributed by atoms with Crippen molar-refractivity contribution in [3.63, 3.8) is 0 Å². The van der Waals surface area contributed by atoms with E-state index in [1.165, 1.54) is 0 Å². The van der Waals surface area contributed by atoms with Crippen LogP contribution in [0, 0.1) is 0 Å². The predicted octanol–water partition coefficient (Wildman–Crippen LogP) is 3.65. The maximum atomic E-state index is 5.94. The van der Waals surface area contributed by atoms with Gasteiger partial charge in [0.25, 0.3) is 0 Å². The zero-order valence-corrected chi connectivity index (χ0v) is 8.49. The molecule has 66 valence electrons. The summed E-state index contributed by atoms with van der Waals surface area (Å²) in [5.41, 5.74) is 0.850. The SMILES string of the molecule is COc1cccc(Cl)c1C(C)Cl. The molecule has 1 aromatic carbocycles. The Balaban J connectivity index is 3.20. The van der Waals surface area contributed by atoms with Crippen molar-refractivity contribution in [1.82, 2.24) is 0 Å². The average molecular weight is 205 g/mol. The van der Waals surface area contributed by atoms with Crippen molar-refractivity contribution in [3.05, 3.63) is 28.8 Å². The predicted molar refractivity (Wildman–Crippen MR) is 52.3 cm³/mol. The summed E-state index contributed by atoms with van der Waals surface area (Å²) in [7, 11) is 1.61. The third-order valence-corrected chi connectivity index (χ3v) is 2.18. The van der Waals surface area contributed by atoms with Gasteiger partial charge in [0, 0.05) is 10.6 Å². The van der Waals surface area contributed by atoms with Crippen LogP contribution in [0.4, 0.5) is 0 Å². The first-order valence-corrected chi connectivity index (χ1v) is 4.44. The number of ether oxygens (including phenoxy) is 1. The Kier molecular flexibility index (Phi) is 3.24. The Morgan fingerprint density at radius 1 is 1.42 bits per heavy atom. The number of halogens is 2. The molecular weight excluding hydrogens is 195 g/mol. The summed E-state index contributed by atoms with van der Waals surface area (Å²) < 4.78 is 5.12. The Labute approximate surface area is 82.2 Å². The second kappa shape index (κ2) is 4.01. The quantitative estimate of drug-likeness (QED) is 0.669. The van der Waals surface area contributed by atoms with E-state index in [4.69, 9.17) is 27.9 Å². The van der Waals surface area contributed by atoms with Crippen molar-refractivity contribution in [2.24, 2.45) is 0 Å². The molecule has 0 amide bonds. The van der Waals surface area contributed by atoms with Crippen LogP contribution < -0.4 is 4.74 Å². The van der Waals surface area contributed by atoms with Crippen molar-refractivity contribution in [1.29, 1.82) is 0 Å². The molecule has 1 nitrogen and oxygen atoms in total. The van der Waals surface area contributed by atoms with E-state index in [2.05, 4.69) is 0 Å². The topological polar surface area (TPSA) is 9.23 Å². The van der Waals surface area contributed by atoms with E-state index < -0.39 is 0 Å². The van der Waals surface area contributed by atoms with Gasteiger partial charge in [-0.15, -0.1) is 11.6 Å². The smallest absolute Gasteiger partial charge is 0.125 e. The Bertz CT molecular complexity index is 271. The van der Waals surface area contributed by atoms with E-state index in [-0.39, 0.29) is 5.38 Å². The minimum absolute atomic E-state index is 0.131. The van der Waals surface area contributed by atoms with Crippen LogP contribution in [-0.2, 0) is 0 Å². The summed E-state index contributed by atoms with van der Waals surface area (Å²) in [4.78, 5) is 0. The Morgan fingerprint density at radius 2 is 2.08 bits per heavy atom. The van der Waals surface area contributed by atoms with Gasteiger partial charge in [-0.3, -0.25) is 0 Å². The number of rotatable bonds is 2. The fourth-order valence-electron chi connectivity index (χ4n) is 1.08. The number of methoxy groups -OCH3 is 1. The third kappa shape index (κ3) is 1.85. The molecule has 0 bridgehead atoms. The van der Waals surface area contributed by atoms with Crippen LogP contribution in [0.5, 0.6) is 5.75 Å². The molecule has 1 rings (SSSR count). The van der Waals surface area contributed by atoms with Gasteiger partial charge in [0.15, 0.2) is 0 Å². The van der Waals surface area contributed by atoms with Crippen LogP contribution >= 0.6 is 23.2 Å². The van der Waals surface area contributed by atoms with E-state index in [0.717, 1.165) is 11.3 Å². The van der Waals surface area contributed by atoms with Gasteiger partial charge in [0.2, 0.25) is 0 Å². The highest BCUT2D eigenvalue weighted by atomic mass is 35.5. The Hall–Kier alpha value is -0.400. The maximum absolute atomic E-state index is 5.94. The molecule has 0 aliphatic rings. The van der Waals surface area contributed by atoms with E-state index in [1.807, 2.05) is 19.1 Å². The lowest BCUT2D eigenvalue weighted by molar-refractivity contribution is 0.410. The minimum Gasteiger partial charge on any atom is -0.496 e. The summed E-state index contributed by atoms with van der Waals surface area (Å²) in [6, 6.07) is 5.49. The lowest BCUT2D eigenvalue weighted by Crippen LogP contribution is -1.93. The average Bonchev–Trinajstić information content (AvgIpc) is 2.03. The fourth-order valence-corrected chi connectivity index (χ4v) is 1.69. The standard InChI is InChI=1S/C9H10Cl2O/c1-6(10)9-7(11)4-3-5-8(9)12-2/h3-6H,1-2H3. The molecule has 1 unspecified atom stereocenters. The molecule has 0 radical (unpaired) electrons. The monoisotopic (exact) mass is 204 g/mol. The van der Waals surface area contributed by atoms with E-state index >= 15 is 0 Å². The molecule has 0 fully saturated rings. The molecule has 1 aromatic rings. The number of hydrogen-bond donors (Lipinski definition) is 0. The summed E-state index contributed by atoms with van der Waals surface area (Å²) in [6.45, 7) is 1.87. The normalized spacial score (nSPS) is 12.7. The molecule has 0 aromatic heterocycles. The summed E-state index contributed by atoms with van der Waals surface area (Å²) in [5, 5.41) is 0.519. The van der Waals surface area contributed by atoms with Crippen LogP contribution in [0.3, 0.4) is 0 Å². The highest BCUT2D eigenvalue weighted by Crippen LogP contribution is 2.34. The maximum Gasteiger partial charge on any atom is 0.125 e. The molecular formula is C9H10Cl2O. The van der Waals surface area contributed by atoms with Crippen LogP contribution in [0.15, 0.2) is 18.2 Å². The lowest BCUT2D eigenvalue weighted by Gasteiger charge is -2.11. The van der Waals surface area contributed by atoms with Crippen molar-refractivity contribution in [2.75, 3.05) is 7.11 Å². The fraction of sp³-hybridized carbons (Fsp3) is 0.333. The van der Waals surface area contributed by atoms with Crippen molar-refractivity contribution in [3.8, 4) is 5.75 Å². The van der Waals surface area contributed by atoms with Gasteiger partial charge in [-0.2, -0.15) is 0 Å². The van der Waals surface area contributed by atoms with Gasteiger partial charge in [0.05, 0.1) is 12.5 Å². The molecule has 12 heavy (non-hydrogen) atoms. The van der Waals surface area contributed by atoms with Gasteiger partial charge >= 0.3 is 0 Å².